The maximum Gasteiger partial charge on any atom is 0.118 e. The first-order chi connectivity index (χ1) is 5.36. The highest BCUT2D eigenvalue weighted by Gasteiger charge is 1.89. The molecular formula is C8H10ClNO2. The predicted octanol–water partition coefficient (Wildman–Crippen LogP) is 1.93. The molecule has 0 aliphatic rings. The summed E-state index contributed by atoms with van der Waals surface area (Å²) in [6, 6.07) is 7.21. The van der Waals surface area contributed by atoms with E-state index in [0.29, 0.717) is 0 Å². The lowest BCUT2D eigenvalue weighted by atomic mass is 10.2. The van der Waals surface area contributed by atoms with E-state index >= 15 is 0 Å². The zero-order chi connectivity index (χ0) is 8.10. The minimum absolute atomic E-state index is 0. The van der Waals surface area contributed by atoms with Gasteiger partial charge in [-0.2, -0.15) is 0 Å². The molecule has 0 amide bonds. The lowest BCUT2D eigenvalue weighted by Gasteiger charge is -1.97. The summed E-state index contributed by atoms with van der Waals surface area (Å²) in [6.07, 6.45) is 1.36. The summed E-state index contributed by atoms with van der Waals surface area (Å²) in [5.41, 5.74) is 0.841. The summed E-state index contributed by atoms with van der Waals surface area (Å²) in [5, 5.41) is 11.1. The number of ether oxygens (including phenoxy) is 1. The van der Waals surface area contributed by atoms with E-state index in [4.69, 9.17) is 9.94 Å². The van der Waals surface area contributed by atoms with Crippen molar-refractivity contribution in [2.75, 3.05) is 7.11 Å². The molecule has 0 fully saturated rings. The molecule has 0 heterocycles. The van der Waals surface area contributed by atoms with E-state index in [1.165, 1.54) is 6.21 Å². The van der Waals surface area contributed by atoms with Gasteiger partial charge in [-0.25, -0.2) is 0 Å². The van der Waals surface area contributed by atoms with E-state index in [0.717, 1.165) is 11.3 Å². The Morgan fingerprint density at radius 1 is 1.33 bits per heavy atom. The van der Waals surface area contributed by atoms with Crippen LogP contribution in [0.4, 0.5) is 0 Å². The average Bonchev–Trinajstić information content (AvgIpc) is 2.07. The third-order valence-electron chi connectivity index (χ3n) is 1.32. The molecule has 1 aromatic rings. The van der Waals surface area contributed by atoms with Crippen LogP contribution in [0.25, 0.3) is 0 Å². The van der Waals surface area contributed by atoms with Crippen molar-refractivity contribution in [1.29, 1.82) is 0 Å². The largest absolute Gasteiger partial charge is 0.497 e. The van der Waals surface area contributed by atoms with Crippen LogP contribution in [0.15, 0.2) is 29.4 Å². The second-order valence-corrected chi connectivity index (χ2v) is 2.02. The van der Waals surface area contributed by atoms with Gasteiger partial charge in [0.25, 0.3) is 0 Å². The fourth-order valence-electron chi connectivity index (χ4n) is 0.757. The first-order valence-electron chi connectivity index (χ1n) is 3.18. The lowest BCUT2D eigenvalue weighted by Crippen LogP contribution is -1.83. The molecule has 0 unspecified atom stereocenters. The van der Waals surface area contributed by atoms with Gasteiger partial charge in [-0.05, 0) is 29.8 Å². The molecule has 1 rings (SSSR count). The summed E-state index contributed by atoms with van der Waals surface area (Å²) in [5.74, 6) is 0.792. The quantitative estimate of drug-likeness (QED) is 0.437. The molecule has 4 heteroatoms. The van der Waals surface area contributed by atoms with Gasteiger partial charge in [-0.15, -0.1) is 12.4 Å². The van der Waals surface area contributed by atoms with Crippen molar-refractivity contribution in [1.82, 2.24) is 0 Å². The smallest absolute Gasteiger partial charge is 0.118 e. The Hall–Kier alpha value is -1.22. The Morgan fingerprint density at radius 2 is 1.92 bits per heavy atom. The molecule has 0 bridgehead atoms. The lowest BCUT2D eigenvalue weighted by molar-refractivity contribution is 0.322. The predicted molar refractivity (Wildman–Crippen MR) is 49.6 cm³/mol. The minimum atomic E-state index is 0. The SMILES string of the molecule is COc1ccc(C=NO)cc1.Cl. The second kappa shape index (κ2) is 5.43. The Labute approximate surface area is 77.1 Å². The Bertz CT molecular complexity index is 246. The standard InChI is InChI=1S/C8H9NO2.ClH/c1-11-8-4-2-7(3-5-8)6-9-10;/h2-6,10H,1H3;1H. The van der Waals surface area contributed by atoms with Gasteiger partial charge in [0.2, 0.25) is 0 Å². The maximum absolute atomic E-state index is 8.18. The van der Waals surface area contributed by atoms with Crippen LogP contribution in [0.1, 0.15) is 5.56 Å². The maximum atomic E-state index is 8.18. The van der Waals surface area contributed by atoms with Crippen LogP contribution < -0.4 is 4.74 Å². The molecular weight excluding hydrogens is 178 g/mol. The van der Waals surface area contributed by atoms with Crippen LogP contribution in [0.5, 0.6) is 5.75 Å². The van der Waals surface area contributed by atoms with Crippen LogP contribution >= 0.6 is 12.4 Å². The molecule has 0 saturated carbocycles. The topological polar surface area (TPSA) is 41.8 Å². The van der Waals surface area contributed by atoms with Crippen molar-refractivity contribution < 1.29 is 9.94 Å². The fourth-order valence-corrected chi connectivity index (χ4v) is 0.757. The van der Waals surface area contributed by atoms with Crippen LogP contribution in [0, 0.1) is 0 Å². The second-order valence-electron chi connectivity index (χ2n) is 2.02. The third kappa shape index (κ3) is 2.80. The molecule has 3 nitrogen and oxygen atoms in total. The van der Waals surface area contributed by atoms with Crippen molar-refractivity contribution in [2.24, 2.45) is 5.16 Å². The number of methoxy groups -OCH3 is 1. The number of halogens is 1. The number of benzene rings is 1. The van der Waals surface area contributed by atoms with Crippen LogP contribution in [-0.2, 0) is 0 Å². The van der Waals surface area contributed by atoms with E-state index in [1.807, 2.05) is 0 Å². The third-order valence-corrected chi connectivity index (χ3v) is 1.32. The van der Waals surface area contributed by atoms with E-state index < -0.39 is 0 Å². The number of oxime groups is 1. The number of nitrogens with zero attached hydrogens (tertiary/aromatic N) is 1. The van der Waals surface area contributed by atoms with Crippen molar-refractivity contribution >= 4 is 18.6 Å². The van der Waals surface area contributed by atoms with Gasteiger partial charge in [-0.1, -0.05) is 5.16 Å². The van der Waals surface area contributed by atoms with Gasteiger partial charge in [0.05, 0.1) is 13.3 Å². The highest BCUT2D eigenvalue weighted by atomic mass is 35.5. The van der Waals surface area contributed by atoms with Crippen LogP contribution in [0.2, 0.25) is 0 Å². The summed E-state index contributed by atoms with van der Waals surface area (Å²) >= 11 is 0. The van der Waals surface area contributed by atoms with Gasteiger partial charge in [-0.3, -0.25) is 0 Å². The summed E-state index contributed by atoms with van der Waals surface area (Å²) in [4.78, 5) is 0. The van der Waals surface area contributed by atoms with Crippen molar-refractivity contribution in [2.45, 2.75) is 0 Å². The summed E-state index contributed by atoms with van der Waals surface area (Å²) in [6.45, 7) is 0. The van der Waals surface area contributed by atoms with E-state index in [-0.39, 0.29) is 12.4 Å². The monoisotopic (exact) mass is 187 g/mol. The molecule has 66 valence electrons. The molecule has 0 aliphatic heterocycles. The number of hydrogen-bond donors (Lipinski definition) is 1. The Morgan fingerprint density at radius 3 is 2.33 bits per heavy atom. The van der Waals surface area contributed by atoms with Crippen molar-refractivity contribution in [3.05, 3.63) is 29.8 Å². The minimum Gasteiger partial charge on any atom is -0.497 e. The molecule has 0 aliphatic carbocycles. The molecule has 1 N–H and O–H groups in total. The Kier molecular flexibility index (Phi) is 4.88. The molecule has 0 saturated heterocycles. The molecule has 0 spiro atoms. The van der Waals surface area contributed by atoms with E-state index in [2.05, 4.69) is 5.16 Å². The van der Waals surface area contributed by atoms with Gasteiger partial charge in [0.1, 0.15) is 5.75 Å². The highest BCUT2D eigenvalue weighted by molar-refractivity contribution is 5.85. The van der Waals surface area contributed by atoms with E-state index in [1.54, 1.807) is 31.4 Å². The van der Waals surface area contributed by atoms with E-state index in [9.17, 15) is 0 Å². The highest BCUT2D eigenvalue weighted by Crippen LogP contribution is 2.09. The molecule has 0 atom stereocenters. The van der Waals surface area contributed by atoms with Crippen LogP contribution in [-0.4, -0.2) is 18.5 Å². The van der Waals surface area contributed by atoms with Gasteiger partial charge in [0, 0.05) is 0 Å². The summed E-state index contributed by atoms with van der Waals surface area (Å²) < 4.78 is 4.94. The first-order valence-corrected chi connectivity index (χ1v) is 3.18. The van der Waals surface area contributed by atoms with Crippen molar-refractivity contribution in [3.8, 4) is 5.75 Å². The molecule has 0 aromatic heterocycles. The number of rotatable bonds is 2. The normalized spacial score (nSPS) is 9.42. The molecule has 12 heavy (non-hydrogen) atoms. The Balaban J connectivity index is 0.00000121. The number of hydrogen-bond acceptors (Lipinski definition) is 3. The van der Waals surface area contributed by atoms with Crippen molar-refractivity contribution in [3.63, 3.8) is 0 Å². The average molecular weight is 188 g/mol. The first kappa shape index (κ1) is 10.8. The zero-order valence-electron chi connectivity index (χ0n) is 6.60. The fraction of sp³-hybridized carbons (Fsp3) is 0.125. The molecule has 1 aromatic carbocycles. The van der Waals surface area contributed by atoms with Crippen LogP contribution in [0.3, 0.4) is 0 Å². The molecule has 0 radical (unpaired) electrons. The van der Waals surface area contributed by atoms with Gasteiger partial charge >= 0.3 is 0 Å². The van der Waals surface area contributed by atoms with Gasteiger partial charge < -0.3 is 9.94 Å². The van der Waals surface area contributed by atoms with Gasteiger partial charge in [0.15, 0.2) is 0 Å². The summed E-state index contributed by atoms with van der Waals surface area (Å²) in [7, 11) is 1.61. The zero-order valence-corrected chi connectivity index (χ0v) is 7.41.